The van der Waals surface area contributed by atoms with E-state index in [0.29, 0.717) is 47.7 Å². The van der Waals surface area contributed by atoms with Crippen LogP contribution in [0.3, 0.4) is 0 Å². The third-order valence-corrected chi connectivity index (χ3v) is 6.56. The van der Waals surface area contributed by atoms with Crippen molar-refractivity contribution in [2.24, 2.45) is 11.8 Å². The van der Waals surface area contributed by atoms with Crippen LogP contribution in [0.25, 0.3) is 11.3 Å². The molecule has 0 aromatic carbocycles. The first-order chi connectivity index (χ1) is 16.3. The Hall–Kier alpha value is -3.49. The van der Waals surface area contributed by atoms with Crippen LogP contribution in [-0.4, -0.2) is 44.9 Å². The summed E-state index contributed by atoms with van der Waals surface area (Å²) in [6, 6.07) is 11.5. The predicted molar refractivity (Wildman–Crippen MR) is 121 cm³/mol. The highest BCUT2D eigenvalue weighted by atomic mass is 19.4. The average Bonchev–Trinajstić information content (AvgIpc) is 3.60. The van der Waals surface area contributed by atoms with Gasteiger partial charge in [0.1, 0.15) is 11.5 Å². The molecule has 1 aliphatic carbocycles. The van der Waals surface area contributed by atoms with Gasteiger partial charge in [0.2, 0.25) is 0 Å². The van der Waals surface area contributed by atoms with Crippen LogP contribution in [0.5, 0.6) is 0 Å². The largest absolute Gasteiger partial charge is 0.417 e. The molecule has 1 amide bonds. The summed E-state index contributed by atoms with van der Waals surface area (Å²) in [6.45, 7) is 2.90. The number of nitrogens with one attached hydrogen (secondary N) is 1. The minimum atomic E-state index is -4.43. The summed E-state index contributed by atoms with van der Waals surface area (Å²) in [5.74, 6) is 1.27. The number of hydrogen-bond acceptors (Lipinski definition) is 5. The Kier molecular flexibility index (Phi) is 5.71. The van der Waals surface area contributed by atoms with Gasteiger partial charge in [0, 0.05) is 42.8 Å². The highest BCUT2D eigenvalue weighted by Crippen LogP contribution is 2.47. The molecule has 3 aromatic rings. The van der Waals surface area contributed by atoms with Crippen LogP contribution in [-0.2, 0) is 6.18 Å². The number of carbonyl (C=O) groups excluding carboxylic acids is 1. The number of anilines is 1. The Morgan fingerprint density at radius 1 is 1.09 bits per heavy atom. The SMILES string of the molecule is Cc1ccc(-c2ccccn2)c(C(=O)N2C[C@@H]3C[C@@H]3CC2CNc2ccc(C(F)(F)F)cn2)n1. The molecular weight excluding hydrogens is 443 g/mol. The van der Waals surface area contributed by atoms with Crippen LogP contribution >= 0.6 is 0 Å². The van der Waals surface area contributed by atoms with Gasteiger partial charge >= 0.3 is 6.18 Å². The Bertz CT molecular complexity index is 1180. The maximum absolute atomic E-state index is 13.8. The molecule has 1 aliphatic heterocycles. The van der Waals surface area contributed by atoms with E-state index in [1.807, 2.05) is 42.2 Å². The van der Waals surface area contributed by atoms with Gasteiger partial charge in [-0.25, -0.2) is 9.97 Å². The highest BCUT2D eigenvalue weighted by molar-refractivity contribution is 5.99. The van der Waals surface area contributed by atoms with Gasteiger partial charge in [-0.1, -0.05) is 6.07 Å². The fourth-order valence-corrected chi connectivity index (χ4v) is 4.62. The number of rotatable bonds is 5. The maximum atomic E-state index is 13.8. The molecule has 4 heterocycles. The van der Waals surface area contributed by atoms with Crippen molar-refractivity contribution in [1.82, 2.24) is 19.9 Å². The second-order valence-electron chi connectivity index (χ2n) is 8.98. The number of amides is 1. The molecule has 1 unspecified atom stereocenters. The first-order valence-corrected chi connectivity index (χ1v) is 11.3. The zero-order valence-electron chi connectivity index (χ0n) is 18.6. The van der Waals surface area contributed by atoms with E-state index in [9.17, 15) is 18.0 Å². The minimum Gasteiger partial charge on any atom is -0.368 e. The molecule has 0 radical (unpaired) electrons. The van der Waals surface area contributed by atoms with Crippen LogP contribution < -0.4 is 5.32 Å². The molecule has 34 heavy (non-hydrogen) atoms. The second-order valence-corrected chi connectivity index (χ2v) is 8.98. The van der Waals surface area contributed by atoms with Crippen LogP contribution in [0, 0.1) is 18.8 Å². The number of alkyl halides is 3. The van der Waals surface area contributed by atoms with E-state index in [4.69, 9.17) is 0 Å². The molecule has 5 rings (SSSR count). The quantitative estimate of drug-likeness (QED) is 0.582. The molecule has 0 bridgehead atoms. The molecule has 1 saturated heterocycles. The molecule has 2 fully saturated rings. The number of nitrogens with zero attached hydrogens (tertiary/aromatic N) is 4. The van der Waals surface area contributed by atoms with E-state index < -0.39 is 11.7 Å². The van der Waals surface area contributed by atoms with Crippen molar-refractivity contribution >= 4 is 11.7 Å². The number of halogens is 3. The lowest BCUT2D eigenvalue weighted by Gasteiger charge is -2.36. The van der Waals surface area contributed by atoms with E-state index in [0.717, 1.165) is 30.8 Å². The van der Waals surface area contributed by atoms with E-state index in [-0.39, 0.29) is 11.9 Å². The van der Waals surface area contributed by atoms with Crippen LogP contribution in [0.4, 0.5) is 19.0 Å². The average molecular weight is 467 g/mol. The lowest BCUT2D eigenvalue weighted by atomic mass is 9.99. The summed E-state index contributed by atoms with van der Waals surface area (Å²) in [5, 5.41) is 3.12. The van der Waals surface area contributed by atoms with Crippen LogP contribution in [0.15, 0.2) is 54.9 Å². The summed E-state index contributed by atoms with van der Waals surface area (Å²) in [4.78, 5) is 28.5. The molecule has 2 aliphatic rings. The van der Waals surface area contributed by atoms with Gasteiger partial charge in [0.25, 0.3) is 5.91 Å². The van der Waals surface area contributed by atoms with Crippen molar-refractivity contribution < 1.29 is 18.0 Å². The van der Waals surface area contributed by atoms with E-state index in [2.05, 4.69) is 20.3 Å². The molecule has 3 atom stereocenters. The van der Waals surface area contributed by atoms with Crippen molar-refractivity contribution in [2.45, 2.75) is 32.0 Å². The molecule has 1 N–H and O–H groups in total. The van der Waals surface area contributed by atoms with E-state index >= 15 is 0 Å². The zero-order chi connectivity index (χ0) is 23.9. The van der Waals surface area contributed by atoms with Gasteiger partial charge in [-0.3, -0.25) is 9.78 Å². The standard InChI is InChI=1S/C25H24F3N5O/c1-15-5-7-20(21-4-2-3-9-29-21)23(32-15)24(34)33-14-17-10-16(17)11-19(33)13-31-22-8-6-18(12-30-22)25(26,27)28/h2-9,12,16-17,19H,10-11,13-14H2,1H3,(H,30,31)/t16-,17+,19?/m1/s1. The molecule has 176 valence electrons. The lowest BCUT2D eigenvalue weighted by Crippen LogP contribution is -2.48. The zero-order valence-corrected chi connectivity index (χ0v) is 18.6. The summed E-state index contributed by atoms with van der Waals surface area (Å²) < 4.78 is 38.4. The fraction of sp³-hybridized carbons (Fsp3) is 0.360. The lowest BCUT2D eigenvalue weighted by molar-refractivity contribution is -0.137. The van der Waals surface area contributed by atoms with Gasteiger partial charge in [-0.2, -0.15) is 13.2 Å². The van der Waals surface area contributed by atoms with Crippen molar-refractivity contribution in [2.75, 3.05) is 18.4 Å². The number of pyridine rings is 3. The number of aryl methyl sites for hydroxylation is 1. The topological polar surface area (TPSA) is 71.0 Å². The van der Waals surface area contributed by atoms with Crippen LogP contribution in [0.1, 0.15) is 34.6 Å². The molecule has 0 spiro atoms. The molecule has 9 heteroatoms. The first kappa shape index (κ1) is 22.3. The highest BCUT2D eigenvalue weighted by Gasteiger charge is 2.47. The summed E-state index contributed by atoms with van der Waals surface area (Å²) in [7, 11) is 0. The Morgan fingerprint density at radius 2 is 1.94 bits per heavy atom. The number of fused-ring (bicyclic) bond motifs is 1. The third-order valence-electron chi connectivity index (χ3n) is 6.56. The number of likely N-dealkylation sites (tertiary alicyclic amines) is 1. The van der Waals surface area contributed by atoms with Crippen molar-refractivity contribution in [1.29, 1.82) is 0 Å². The number of aromatic nitrogens is 3. The number of piperidine rings is 1. The fourth-order valence-electron chi connectivity index (χ4n) is 4.62. The van der Waals surface area contributed by atoms with Crippen molar-refractivity contribution in [3.63, 3.8) is 0 Å². The Morgan fingerprint density at radius 3 is 2.65 bits per heavy atom. The second kappa shape index (κ2) is 8.70. The van der Waals surface area contributed by atoms with Gasteiger partial charge in [-0.15, -0.1) is 0 Å². The van der Waals surface area contributed by atoms with Gasteiger partial charge in [0.05, 0.1) is 11.3 Å². The number of hydrogen-bond donors (Lipinski definition) is 1. The summed E-state index contributed by atoms with van der Waals surface area (Å²) >= 11 is 0. The molecule has 6 nitrogen and oxygen atoms in total. The maximum Gasteiger partial charge on any atom is 0.417 e. The Balaban J connectivity index is 1.37. The van der Waals surface area contributed by atoms with Crippen LogP contribution in [0.2, 0.25) is 0 Å². The summed E-state index contributed by atoms with van der Waals surface area (Å²) in [6.07, 6.45) is 0.00886. The molecule has 3 aromatic heterocycles. The molecule has 1 saturated carbocycles. The van der Waals surface area contributed by atoms with Crippen molar-refractivity contribution in [3.8, 4) is 11.3 Å². The van der Waals surface area contributed by atoms with Crippen molar-refractivity contribution in [3.05, 3.63) is 71.8 Å². The monoisotopic (exact) mass is 467 g/mol. The molecular formula is C25H24F3N5O. The van der Waals surface area contributed by atoms with Gasteiger partial charge in [0.15, 0.2) is 0 Å². The van der Waals surface area contributed by atoms with Gasteiger partial charge in [-0.05, 0) is 68.0 Å². The summed E-state index contributed by atoms with van der Waals surface area (Å²) in [5.41, 5.74) is 1.69. The third kappa shape index (κ3) is 4.60. The normalized spacial score (nSPS) is 21.6. The first-order valence-electron chi connectivity index (χ1n) is 11.3. The smallest absolute Gasteiger partial charge is 0.368 e. The minimum absolute atomic E-state index is 0.112. The van der Waals surface area contributed by atoms with Gasteiger partial charge < -0.3 is 10.2 Å². The Labute approximate surface area is 195 Å². The van der Waals surface area contributed by atoms with E-state index in [1.165, 1.54) is 6.07 Å². The van der Waals surface area contributed by atoms with E-state index in [1.54, 1.807) is 6.20 Å². The predicted octanol–water partition coefficient (Wildman–Crippen LogP) is 4.83. The number of carbonyl (C=O) groups is 1.